The Labute approximate surface area is 166 Å². The molecule has 0 aliphatic heterocycles. The highest BCUT2D eigenvalue weighted by Gasteiger charge is 2.07. The lowest BCUT2D eigenvalue weighted by atomic mass is 10.1. The van der Waals surface area contributed by atoms with Crippen molar-refractivity contribution in [1.29, 1.82) is 0 Å². The summed E-state index contributed by atoms with van der Waals surface area (Å²) in [4.78, 5) is 4.59. The lowest BCUT2D eigenvalue weighted by Crippen LogP contribution is -2.38. The average Bonchev–Trinajstić information content (AvgIpc) is 3.24. The molecule has 0 bridgehead atoms. The third-order valence-corrected chi connectivity index (χ3v) is 3.63. The second kappa shape index (κ2) is 11.9. The van der Waals surface area contributed by atoms with Crippen molar-refractivity contribution in [3.05, 3.63) is 41.7 Å². The van der Waals surface area contributed by atoms with Crippen LogP contribution in [-0.2, 0) is 13.0 Å². The van der Waals surface area contributed by atoms with Gasteiger partial charge in [0.15, 0.2) is 11.7 Å². The van der Waals surface area contributed by atoms with Gasteiger partial charge in [-0.2, -0.15) is 0 Å². The number of aromatic nitrogens is 1. The molecule has 0 unspecified atom stereocenters. The second-order valence-electron chi connectivity index (χ2n) is 6.07. The molecule has 2 aromatic rings. The third-order valence-electron chi connectivity index (χ3n) is 3.63. The molecule has 0 aromatic carbocycles. The Bertz CT molecular complexity index is 608. The zero-order chi connectivity index (χ0) is 17.2. The van der Waals surface area contributed by atoms with Crippen LogP contribution in [0.25, 0.3) is 0 Å². The molecule has 25 heavy (non-hydrogen) atoms. The molecule has 140 valence electrons. The topological polar surface area (TPSA) is 75.6 Å². The van der Waals surface area contributed by atoms with Crippen molar-refractivity contribution in [2.45, 2.75) is 52.5 Å². The fourth-order valence-corrected chi connectivity index (χ4v) is 2.15. The smallest absolute Gasteiger partial charge is 0.191 e. The Hall–Kier alpha value is -1.51. The van der Waals surface area contributed by atoms with E-state index in [9.17, 15) is 0 Å². The molecule has 7 heteroatoms. The largest absolute Gasteiger partial charge is 0.469 e. The van der Waals surface area contributed by atoms with Gasteiger partial charge < -0.3 is 19.6 Å². The summed E-state index contributed by atoms with van der Waals surface area (Å²) in [6.45, 7) is 8.50. The van der Waals surface area contributed by atoms with E-state index in [1.165, 1.54) is 0 Å². The molecular weight excluding hydrogens is 431 g/mol. The minimum absolute atomic E-state index is 0. The van der Waals surface area contributed by atoms with E-state index in [0.717, 1.165) is 55.5 Å². The van der Waals surface area contributed by atoms with E-state index < -0.39 is 0 Å². The molecule has 2 rings (SSSR count). The Balaban J connectivity index is 0.00000312. The highest BCUT2D eigenvalue weighted by atomic mass is 127. The second-order valence-corrected chi connectivity index (χ2v) is 6.07. The summed E-state index contributed by atoms with van der Waals surface area (Å²) in [5.41, 5.74) is 0.964. The number of nitrogens with one attached hydrogen (secondary N) is 2. The number of nitrogens with zero attached hydrogens (tertiary/aromatic N) is 2. The Kier molecular flexibility index (Phi) is 10.3. The van der Waals surface area contributed by atoms with Crippen LogP contribution in [0, 0.1) is 0 Å². The van der Waals surface area contributed by atoms with Crippen LogP contribution in [0.1, 0.15) is 56.7 Å². The van der Waals surface area contributed by atoms with Gasteiger partial charge in [-0.1, -0.05) is 32.3 Å². The van der Waals surface area contributed by atoms with Crippen LogP contribution >= 0.6 is 24.0 Å². The van der Waals surface area contributed by atoms with Gasteiger partial charge in [0.2, 0.25) is 0 Å². The minimum Gasteiger partial charge on any atom is -0.469 e. The van der Waals surface area contributed by atoms with Gasteiger partial charge in [-0.15, -0.1) is 24.0 Å². The Morgan fingerprint density at radius 1 is 1.24 bits per heavy atom. The van der Waals surface area contributed by atoms with Crippen molar-refractivity contribution in [3.8, 4) is 0 Å². The molecule has 2 heterocycles. The normalized spacial score (nSPS) is 11.4. The lowest BCUT2D eigenvalue weighted by Gasteiger charge is -2.11. The fraction of sp³-hybridized carbons (Fsp3) is 0.556. The number of hydrogen-bond acceptors (Lipinski definition) is 4. The maximum atomic E-state index is 5.34. The van der Waals surface area contributed by atoms with Crippen LogP contribution in [0.3, 0.4) is 0 Å². The molecule has 2 aromatic heterocycles. The van der Waals surface area contributed by atoms with E-state index in [1.54, 1.807) is 6.26 Å². The van der Waals surface area contributed by atoms with E-state index in [-0.39, 0.29) is 24.0 Å². The lowest BCUT2D eigenvalue weighted by molar-refractivity contribution is 0.376. The van der Waals surface area contributed by atoms with Gasteiger partial charge in [-0.25, -0.2) is 4.99 Å². The standard InChI is InChI=1S/C18H28N4O2.HI/c1-4-5-9-19-18(20-10-8-15-7-6-11-23-15)21-13-16-12-17(14(2)3)22-24-16;/h6-7,11-12,14H,4-5,8-10,13H2,1-3H3,(H2,19,20,21);1H. The minimum atomic E-state index is 0. The molecule has 0 aliphatic carbocycles. The summed E-state index contributed by atoms with van der Waals surface area (Å²) >= 11 is 0. The van der Waals surface area contributed by atoms with E-state index in [4.69, 9.17) is 8.94 Å². The van der Waals surface area contributed by atoms with Crippen molar-refractivity contribution in [2.75, 3.05) is 13.1 Å². The number of guanidine groups is 1. The molecular formula is C18H29IN4O2. The molecule has 0 fully saturated rings. The van der Waals surface area contributed by atoms with Gasteiger partial charge in [-0.3, -0.25) is 0 Å². The molecule has 0 radical (unpaired) electrons. The van der Waals surface area contributed by atoms with Crippen LogP contribution in [0.4, 0.5) is 0 Å². The highest BCUT2D eigenvalue weighted by molar-refractivity contribution is 14.0. The van der Waals surface area contributed by atoms with Gasteiger partial charge in [-0.05, 0) is 24.5 Å². The first kappa shape index (κ1) is 21.5. The average molecular weight is 460 g/mol. The van der Waals surface area contributed by atoms with Crippen molar-refractivity contribution >= 4 is 29.9 Å². The maximum absolute atomic E-state index is 5.34. The first-order chi connectivity index (χ1) is 11.7. The first-order valence-electron chi connectivity index (χ1n) is 8.69. The van der Waals surface area contributed by atoms with Crippen LogP contribution in [0.2, 0.25) is 0 Å². The van der Waals surface area contributed by atoms with Crippen molar-refractivity contribution < 1.29 is 8.94 Å². The Morgan fingerprint density at radius 3 is 2.68 bits per heavy atom. The maximum Gasteiger partial charge on any atom is 0.191 e. The number of hydrogen-bond donors (Lipinski definition) is 2. The zero-order valence-corrected chi connectivity index (χ0v) is 17.6. The molecule has 2 N–H and O–H groups in total. The predicted molar refractivity (Wildman–Crippen MR) is 110 cm³/mol. The van der Waals surface area contributed by atoms with Crippen molar-refractivity contribution in [1.82, 2.24) is 15.8 Å². The molecule has 0 amide bonds. The van der Waals surface area contributed by atoms with Gasteiger partial charge in [0.25, 0.3) is 0 Å². The summed E-state index contributed by atoms with van der Waals surface area (Å²) in [5, 5.41) is 10.7. The number of halogens is 1. The van der Waals surface area contributed by atoms with Gasteiger partial charge in [0, 0.05) is 25.6 Å². The van der Waals surface area contributed by atoms with Crippen molar-refractivity contribution in [2.24, 2.45) is 4.99 Å². The molecule has 0 spiro atoms. The van der Waals surface area contributed by atoms with Gasteiger partial charge >= 0.3 is 0 Å². The summed E-state index contributed by atoms with van der Waals surface area (Å²) in [6, 6.07) is 5.85. The number of unbranched alkanes of at least 4 members (excludes halogenated alkanes) is 1. The third kappa shape index (κ3) is 7.94. The number of furan rings is 1. The molecule has 6 nitrogen and oxygen atoms in total. The summed E-state index contributed by atoms with van der Waals surface area (Å²) < 4.78 is 10.7. The fourth-order valence-electron chi connectivity index (χ4n) is 2.15. The SMILES string of the molecule is CCCCNC(=NCc1cc(C(C)C)no1)NCCc1ccco1.I. The zero-order valence-electron chi connectivity index (χ0n) is 15.2. The summed E-state index contributed by atoms with van der Waals surface area (Å²) in [7, 11) is 0. The molecule has 0 atom stereocenters. The number of rotatable bonds is 9. The summed E-state index contributed by atoms with van der Waals surface area (Å²) in [5.74, 6) is 2.89. The van der Waals surface area contributed by atoms with Crippen LogP contribution < -0.4 is 10.6 Å². The molecule has 0 saturated carbocycles. The van der Waals surface area contributed by atoms with Crippen molar-refractivity contribution in [3.63, 3.8) is 0 Å². The van der Waals surface area contributed by atoms with E-state index in [1.807, 2.05) is 18.2 Å². The van der Waals surface area contributed by atoms with Crippen LogP contribution in [0.15, 0.2) is 38.4 Å². The van der Waals surface area contributed by atoms with E-state index in [2.05, 4.69) is 41.6 Å². The van der Waals surface area contributed by atoms with E-state index in [0.29, 0.717) is 12.5 Å². The Morgan fingerprint density at radius 2 is 2.04 bits per heavy atom. The van der Waals surface area contributed by atoms with Crippen LogP contribution in [-0.4, -0.2) is 24.2 Å². The van der Waals surface area contributed by atoms with Gasteiger partial charge in [0.1, 0.15) is 12.3 Å². The molecule has 0 saturated heterocycles. The first-order valence-corrected chi connectivity index (χ1v) is 8.69. The quantitative estimate of drug-likeness (QED) is 0.255. The monoisotopic (exact) mass is 460 g/mol. The van der Waals surface area contributed by atoms with Crippen LogP contribution in [0.5, 0.6) is 0 Å². The highest BCUT2D eigenvalue weighted by Crippen LogP contribution is 2.14. The van der Waals surface area contributed by atoms with E-state index >= 15 is 0 Å². The summed E-state index contributed by atoms with van der Waals surface area (Å²) in [6.07, 6.45) is 4.77. The predicted octanol–water partition coefficient (Wildman–Crippen LogP) is 4.09. The number of aliphatic imine (C=N–C) groups is 1. The molecule has 0 aliphatic rings. The van der Waals surface area contributed by atoms with Gasteiger partial charge in [0.05, 0.1) is 12.0 Å².